The van der Waals surface area contributed by atoms with Gasteiger partial charge in [-0.2, -0.15) is 0 Å². The summed E-state index contributed by atoms with van der Waals surface area (Å²) in [5, 5.41) is 7.38. The second-order valence-electron chi connectivity index (χ2n) is 3.35. The van der Waals surface area contributed by atoms with Crippen LogP contribution >= 0.6 is 0 Å². The van der Waals surface area contributed by atoms with E-state index in [9.17, 15) is 9.18 Å². The van der Waals surface area contributed by atoms with E-state index in [4.69, 9.17) is 10.1 Å². The number of rotatable bonds is 5. The molecule has 0 aromatic rings. The van der Waals surface area contributed by atoms with Gasteiger partial charge in [0.2, 0.25) is 5.90 Å². The molecule has 0 aliphatic rings. The molecule has 1 N–H and O–H groups in total. The molecule has 0 rings (SSSR count). The number of ether oxygens (including phenoxy) is 2. The molecule has 0 aromatic heterocycles. The van der Waals surface area contributed by atoms with E-state index in [-0.39, 0.29) is 13.2 Å². The summed E-state index contributed by atoms with van der Waals surface area (Å²) in [5.41, 5.74) is -2.48. The first-order valence-electron chi connectivity index (χ1n) is 4.99. The predicted octanol–water partition coefficient (Wildman–Crippen LogP) is 1.93. The maximum Gasteiger partial charge on any atom is 0.354 e. The first-order chi connectivity index (χ1) is 6.91. The van der Waals surface area contributed by atoms with Gasteiger partial charge in [-0.05, 0) is 13.8 Å². The zero-order chi connectivity index (χ0) is 12.1. The van der Waals surface area contributed by atoms with Gasteiger partial charge in [0, 0.05) is 5.92 Å². The molecule has 88 valence electrons. The summed E-state index contributed by atoms with van der Waals surface area (Å²) in [4.78, 5) is 11.4. The lowest BCUT2D eigenvalue weighted by Crippen LogP contribution is -2.48. The van der Waals surface area contributed by atoms with Crippen molar-refractivity contribution in [2.75, 3.05) is 13.2 Å². The van der Waals surface area contributed by atoms with Gasteiger partial charge < -0.3 is 9.47 Å². The molecule has 0 aliphatic heterocycles. The molecule has 0 amide bonds. The Balaban J connectivity index is 4.88. The Bertz CT molecular complexity index is 223. The van der Waals surface area contributed by atoms with Crippen LogP contribution in [0, 0.1) is 11.3 Å². The topological polar surface area (TPSA) is 59.4 Å². The fraction of sp³-hybridized carbons (Fsp3) is 0.800. The molecule has 1 unspecified atom stereocenters. The predicted molar refractivity (Wildman–Crippen MR) is 54.7 cm³/mol. The fourth-order valence-electron chi connectivity index (χ4n) is 1.08. The minimum atomic E-state index is -2.48. The molecule has 15 heavy (non-hydrogen) atoms. The normalized spacial score (nSPS) is 14.5. The van der Waals surface area contributed by atoms with Crippen molar-refractivity contribution in [1.82, 2.24) is 0 Å². The van der Waals surface area contributed by atoms with Crippen LogP contribution in [0.2, 0.25) is 0 Å². The van der Waals surface area contributed by atoms with Crippen LogP contribution < -0.4 is 0 Å². The van der Waals surface area contributed by atoms with E-state index in [1.165, 1.54) is 13.8 Å². The molecule has 0 heterocycles. The standard InChI is InChI=1S/C10H18FNO3/c1-5-14-8(12)10(11,7(3)4)9(13)15-6-2/h7,12H,5-6H2,1-4H3. The number of nitrogens with one attached hydrogen (secondary N) is 1. The largest absolute Gasteiger partial charge is 0.479 e. The van der Waals surface area contributed by atoms with Gasteiger partial charge in [0.15, 0.2) is 0 Å². The number of hydrogen-bond donors (Lipinski definition) is 1. The van der Waals surface area contributed by atoms with Crippen LogP contribution in [-0.4, -0.2) is 30.7 Å². The Morgan fingerprint density at radius 1 is 1.33 bits per heavy atom. The van der Waals surface area contributed by atoms with E-state index in [0.29, 0.717) is 0 Å². The summed E-state index contributed by atoms with van der Waals surface area (Å²) < 4.78 is 23.6. The van der Waals surface area contributed by atoms with Gasteiger partial charge in [-0.15, -0.1) is 0 Å². The highest BCUT2D eigenvalue weighted by Gasteiger charge is 2.49. The Kier molecular flexibility index (Phi) is 5.25. The van der Waals surface area contributed by atoms with Crippen LogP contribution in [0.15, 0.2) is 0 Å². The molecule has 0 saturated heterocycles. The molecule has 1 atom stereocenters. The summed E-state index contributed by atoms with van der Waals surface area (Å²) in [6, 6.07) is 0. The third kappa shape index (κ3) is 2.91. The lowest BCUT2D eigenvalue weighted by atomic mass is 9.92. The zero-order valence-corrected chi connectivity index (χ0v) is 9.59. The molecule has 0 saturated carbocycles. The zero-order valence-electron chi connectivity index (χ0n) is 9.59. The van der Waals surface area contributed by atoms with Crippen molar-refractivity contribution in [3.05, 3.63) is 0 Å². The second kappa shape index (κ2) is 5.68. The van der Waals surface area contributed by atoms with Crippen molar-refractivity contribution in [1.29, 1.82) is 5.41 Å². The Labute approximate surface area is 89.3 Å². The molecule has 0 spiro atoms. The van der Waals surface area contributed by atoms with Crippen molar-refractivity contribution in [3.8, 4) is 0 Å². The molecule has 5 heteroatoms. The Hall–Kier alpha value is -1.13. The van der Waals surface area contributed by atoms with Crippen LogP contribution in [0.3, 0.4) is 0 Å². The van der Waals surface area contributed by atoms with E-state index >= 15 is 0 Å². The summed E-state index contributed by atoms with van der Waals surface area (Å²) in [6.45, 7) is 6.45. The molecule has 0 radical (unpaired) electrons. The van der Waals surface area contributed by atoms with Crippen LogP contribution in [-0.2, 0) is 14.3 Å². The third-order valence-corrected chi connectivity index (χ3v) is 1.99. The van der Waals surface area contributed by atoms with Crippen molar-refractivity contribution >= 4 is 11.9 Å². The monoisotopic (exact) mass is 219 g/mol. The van der Waals surface area contributed by atoms with Gasteiger partial charge >= 0.3 is 5.97 Å². The molecule has 0 bridgehead atoms. The lowest BCUT2D eigenvalue weighted by Gasteiger charge is -2.26. The third-order valence-electron chi connectivity index (χ3n) is 1.99. The van der Waals surface area contributed by atoms with Gasteiger partial charge in [0.1, 0.15) is 0 Å². The first kappa shape index (κ1) is 13.9. The van der Waals surface area contributed by atoms with Gasteiger partial charge in [-0.1, -0.05) is 13.8 Å². The Morgan fingerprint density at radius 2 is 1.80 bits per heavy atom. The quantitative estimate of drug-likeness (QED) is 0.436. The van der Waals surface area contributed by atoms with Crippen molar-refractivity contribution in [3.63, 3.8) is 0 Å². The van der Waals surface area contributed by atoms with Crippen LogP contribution in [0.5, 0.6) is 0 Å². The smallest absolute Gasteiger partial charge is 0.354 e. The summed E-state index contributed by atoms with van der Waals surface area (Å²) in [7, 11) is 0. The van der Waals surface area contributed by atoms with Gasteiger partial charge in [-0.25, -0.2) is 9.18 Å². The number of halogens is 1. The number of alkyl halides is 1. The van der Waals surface area contributed by atoms with Crippen LogP contribution in [0.25, 0.3) is 0 Å². The van der Waals surface area contributed by atoms with E-state index in [1.807, 2.05) is 0 Å². The van der Waals surface area contributed by atoms with E-state index in [2.05, 4.69) is 4.74 Å². The van der Waals surface area contributed by atoms with Crippen LogP contribution in [0.1, 0.15) is 27.7 Å². The van der Waals surface area contributed by atoms with E-state index in [1.54, 1.807) is 13.8 Å². The van der Waals surface area contributed by atoms with Crippen LogP contribution in [0.4, 0.5) is 4.39 Å². The highest BCUT2D eigenvalue weighted by molar-refractivity contribution is 6.05. The maximum absolute atomic E-state index is 14.3. The van der Waals surface area contributed by atoms with E-state index in [0.717, 1.165) is 0 Å². The molecule has 0 aliphatic carbocycles. The first-order valence-corrected chi connectivity index (χ1v) is 4.99. The molecule has 4 nitrogen and oxygen atoms in total. The van der Waals surface area contributed by atoms with Gasteiger partial charge in [-0.3, -0.25) is 5.41 Å². The highest BCUT2D eigenvalue weighted by atomic mass is 19.1. The minimum absolute atomic E-state index is 0.0800. The SMILES string of the molecule is CCOC(=N)C(F)(C(=O)OCC)C(C)C. The molecule has 0 aromatic carbocycles. The molecular weight excluding hydrogens is 201 g/mol. The summed E-state index contributed by atoms with van der Waals surface area (Å²) in [5.74, 6) is -2.44. The fourth-order valence-corrected chi connectivity index (χ4v) is 1.08. The average Bonchev–Trinajstić information content (AvgIpc) is 2.16. The lowest BCUT2D eigenvalue weighted by molar-refractivity contribution is -0.156. The molecular formula is C10H18FNO3. The van der Waals surface area contributed by atoms with Gasteiger partial charge in [0.05, 0.1) is 13.2 Å². The Morgan fingerprint density at radius 3 is 2.13 bits per heavy atom. The van der Waals surface area contributed by atoms with Crippen molar-refractivity contribution < 1.29 is 18.7 Å². The van der Waals surface area contributed by atoms with Crippen molar-refractivity contribution in [2.45, 2.75) is 33.4 Å². The number of carbonyl (C=O) groups is 1. The highest BCUT2D eigenvalue weighted by Crippen LogP contribution is 2.26. The summed E-state index contributed by atoms with van der Waals surface area (Å²) in [6.07, 6.45) is 0. The molecule has 0 fully saturated rings. The summed E-state index contributed by atoms with van der Waals surface area (Å²) >= 11 is 0. The number of carbonyl (C=O) groups excluding carboxylic acids is 1. The second-order valence-corrected chi connectivity index (χ2v) is 3.35. The van der Waals surface area contributed by atoms with Gasteiger partial charge in [0.25, 0.3) is 5.67 Å². The average molecular weight is 219 g/mol. The number of esters is 1. The minimum Gasteiger partial charge on any atom is -0.479 e. The van der Waals surface area contributed by atoms with Crippen molar-refractivity contribution in [2.24, 2.45) is 5.92 Å². The maximum atomic E-state index is 14.3. The van der Waals surface area contributed by atoms with E-state index < -0.39 is 23.5 Å². The number of hydrogen-bond acceptors (Lipinski definition) is 4.